The van der Waals surface area contributed by atoms with Gasteiger partial charge in [-0.05, 0) is 74.5 Å². The fourth-order valence-electron chi connectivity index (χ4n) is 9.43. The van der Waals surface area contributed by atoms with Gasteiger partial charge in [-0.15, -0.1) is 0 Å². The summed E-state index contributed by atoms with van der Waals surface area (Å²) < 4.78 is 13.3. The minimum atomic E-state index is -0.530. The maximum Gasteiger partial charge on any atom is 0.165 e. The van der Waals surface area contributed by atoms with Gasteiger partial charge < -0.3 is 19.7 Å². The van der Waals surface area contributed by atoms with E-state index >= 15 is 0 Å². The minimum Gasteiger partial charge on any atom is -0.504 e. The zero-order chi connectivity index (χ0) is 23.0. The quantitative estimate of drug-likeness (QED) is 0.721. The zero-order valence-corrected chi connectivity index (χ0v) is 20.6. The van der Waals surface area contributed by atoms with Crippen molar-refractivity contribution in [1.29, 1.82) is 0 Å². The van der Waals surface area contributed by atoms with Crippen molar-refractivity contribution in [2.24, 2.45) is 22.7 Å². The zero-order valence-electron chi connectivity index (χ0n) is 20.6. The SMILES string of the molecule is CO[C@]12CC[C@@]3(CC1C(O)C(C)(C)C)[C@H]1Cc4ccc(O)c5c4[C@@]3(CCN1CC1CC1)C2O5. The van der Waals surface area contributed by atoms with Crippen molar-refractivity contribution < 1.29 is 19.7 Å². The monoisotopic (exact) mass is 453 g/mol. The molecule has 0 amide bonds. The second kappa shape index (κ2) is 6.27. The van der Waals surface area contributed by atoms with E-state index in [1.807, 2.05) is 13.2 Å². The Morgan fingerprint density at radius 2 is 2.00 bits per heavy atom. The van der Waals surface area contributed by atoms with Gasteiger partial charge in [0, 0.05) is 42.0 Å². The van der Waals surface area contributed by atoms with Crippen LogP contribution in [0, 0.1) is 22.7 Å². The molecular weight excluding hydrogens is 414 g/mol. The van der Waals surface area contributed by atoms with Gasteiger partial charge in [0.1, 0.15) is 11.7 Å². The topological polar surface area (TPSA) is 62.2 Å². The van der Waals surface area contributed by atoms with E-state index in [-0.39, 0.29) is 34.0 Å². The Balaban J connectivity index is 1.46. The standard InChI is InChI=1S/C28H39NO4/c1-25(2,3)23(31)18-14-26-9-10-28(18,32-4)24-27(26)11-12-29(15-16-5-6-16)20(26)13-17-7-8-19(30)22(33-24)21(17)27/h7-8,16,18,20,23-24,30-31H,5-6,9-15H2,1-4H3/t18?,20-,23?,24?,26-,27+,28-/m1/s1. The minimum absolute atomic E-state index is 0.0238. The van der Waals surface area contributed by atoms with Crippen LogP contribution in [0.1, 0.15) is 70.4 Å². The van der Waals surface area contributed by atoms with Gasteiger partial charge in [0.05, 0.1) is 6.10 Å². The lowest BCUT2D eigenvalue weighted by molar-refractivity contribution is -0.296. The normalized spacial score (nSPS) is 43.8. The average molecular weight is 454 g/mol. The van der Waals surface area contributed by atoms with E-state index in [0.29, 0.717) is 11.8 Å². The van der Waals surface area contributed by atoms with Crippen molar-refractivity contribution in [2.45, 2.75) is 95.0 Å². The Bertz CT molecular complexity index is 1010. The molecule has 0 aromatic heterocycles. The molecule has 5 nitrogen and oxygen atoms in total. The molecule has 0 radical (unpaired) electrons. The molecule has 1 aromatic carbocycles. The van der Waals surface area contributed by atoms with Crippen LogP contribution in [0.25, 0.3) is 0 Å². The number of piperidine rings is 1. The van der Waals surface area contributed by atoms with Gasteiger partial charge in [0.25, 0.3) is 0 Å². The van der Waals surface area contributed by atoms with E-state index < -0.39 is 11.7 Å². The first-order chi connectivity index (χ1) is 15.7. The van der Waals surface area contributed by atoms with Crippen LogP contribution in [0.3, 0.4) is 0 Å². The fourth-order valence-corrected chi connectivity index (χ4v) is 9.43. The fraction of sp³-hybridized carbons (Fsp3) is 0.786. The second-order valence-electron chi connectivity index (χ2n) is 13.3. The van der Waals surface area contributed by atoms with Gasteiger partial charge in [-0.25, -0.2) is 0 Å². The molecule has 5 heteroatoms. The van der Waals surface area contributed by atoms with Crippen molar-refractivity contribution >= 4 is 0 Å². The number of hydrogen-bond donors (Lipinski definition) is 2. The van der Waals surface area contributed by atoms with Gasteiger partial charge in [-0.1, -0.05) is 26.8 Å². The number of phenolic OH excluding ortho intramolecular Hbond substituents is 1. The number of ether oxygens (including phenoxy) is 2. The molecule has 1 saturated heterocycles. The number of rotatable bonds is 4. The number of aromatic hydroxyl groups is 1. The van der Waals surface area contributed by atoms with Gasteiger partial charge >= 0.3 is 0 Å². The molecule has 2 heterocycles. The largest absolute Gasteiger partial charge is 0.504 e. The van der Waals surface area contributed by atoms with Crippen molar-refractivity contribution in [3.8, 4) is 11.5 Å². The summed E-state index contributed by atoms with van der Waals surface area (Å²) in [5.74, 6) is 1.87. The predicted octanol–water partition coefficient (Wildman–Crippen LogP) is 4.02. The highest BCUT2D eigenvalue weighted by molar-refractivity contribution is 5.63. The number of phenols is 1. The van der Waals surface area contributed by atoms with E-state index in [0.717, 1.165) is 44.6 Å². The number of hydrogen-bond acceptors (Lipinski definition) is 5. The number of fused-ring (bicyclic) bond motifs is 2. The van der Waals surface area contributed by atoms with E-state index in [1.54, 1.807) is 0 Å². The third-order valence-corrected chi connectivity index (χ3v) is 11.0. The van der Waals surface area contributed by atoms with Gasteiger partial charge in [0.15, 0.2) is 11.5 Å². The molecular formula is C28H39NO4. The van der Waals surface area contributed by atoms with Gasteiger partial charge in [-0.2, -0.15) is 0 Å². The first-order valence-electron chi connectivity index (χ1n) is 13.2. The van der Waals surface area contributed by atoms with Crippen LogP contribution in [-0.2, 0) is 16.6 Å². The Hall–Kier alpha value is -1.30. The average Bonchev–Trinajstić information content (AvgIpc) is 3.52. The van der Waals surface area contributed by atoms with Crippen LogP contribution in [-0.4, -0.2) is 59.2 Å². The molecule has 4 bridgehead atoms. The Labute approximate surface area is 197 Å². The van der Waals surface area contributed by atoms with E-state index in [9.17, 15) is 10.2 Å². The molecule has 8 rings (SSSR count). The summed E-state index contributed by atoms with van der Waals surface area (Å²) in [6.45, 7) is 8.75. The van der Waals surface area contributed by atoms with E-state index in [2.05, 4.69) is 31.7 Å². The van der Waals surface area contributed by atoms with Crippen LogP contribution >= 0.6 is 0 Å². The molecule has 2 N–H and O–H groups in total. The smallest absolute Gasteiger partial charge is 0.165 e. The summed E-state index contributed by atoms with van der Waals surface area (Å²) >= 11 is 0. The second-order valence-corrected chi connectivity index (χ2v) is 13.3. The maximum absolute atomic E-state index is 11.7. The predicted molar refractivity (Wildman–Crippen MR) is 126 cm³/mol. The summed E-state index contributed by atoms with van der Waals surface area (Å²) in [4.78, 5) is 2.82. The lowest BCUT2D eigenvalue weighted by Gasteiger charge is -2.74. The highest BCUT2D eigenvalue weighted by Gasteiger charge is 2.81. The molecule has 7 atom stereocenters. The first-order valence-corrected chi connectivity index (χ1v) is 13.2. The summed E-state index contributed by atoms with van der Waals surface area (Å²) in [6, 6.07) is 4.47. The van der Waals surface area contributed by atoms with E-state index in [1.165, 1.54) is 30.5 Å². The molecule has 7 aliphatic rings. The number of methoxy groups -OCH3 is 1. The van der Waals surface area contributed by atoms with Crippen LogP contribution in [0.15, 0.2) is 12.1 Å². The summed E-state index contributed by atoms with van der Waals surface area (Å²) in [7, 11) is 1.83. The van der Waals surface area contributed by atoms with Crippen LogP contribution in [0.2, 0.25) is 0 Å². The van der Waals surface area contributed by atoms with Gasteiger partial charge in [0.2, 0.25) is 0 Å². The molecule has 4 saturated carbocycles. The molecule has 2 aliphatic heterocycles. The lowest BCUT2D eigenvalue weighted by atomic mass is 9.34. The number of likely N-dealkylation sites (tertiary alicyclic amines) is 1. The molecule has 5 aliphatic carbocycles. The third-order valence-electron chi connectivity index (χ3n) is 11.0. The van der Waals surface area contributed by atoms with Gasteiger partial charge in [-0.3, -0.25) is 4.90 Å². The van der Waals surface area contributed by atoms with Crippen molar-refractivity contribution in [3.63, 3.8) is 0 Å². The first kappa shape index (κ1) is 21.0. The van der Waals surface area contributed by atoms with Crippen LogP contribution in [0.4, 0.5) is 0 Å². The number of aliphatic hydroxyl groups is 1. The van der Waals surface area contributed by atoms with Crippen molar-refractivity contribution in [1.82, 2.24) is 4.90 Å². The molecule has 3 unspecified atom stereocenters. The van der Waals surface area contributed by atoms with Crippen LogP contribution in [0.5, 0.6) is 11.5 Å². The maximum atomic E-state index is 11.7. The molecule has 180 valence electrons. The Morgan fingerprint density at radius 3 is 2.70 bits per heavy atom. The van der Waals surface area contributed by atoms with Crippen molar-refractivity contribution in [2.75, 3.05) is 20.2 Å². The molecule has 2 spiro atoms. The molecule has 5 fully saturated rings. The highest BCUT2D eigenvalue weighted by atomic mass is 16.6. The van der Waals surface area contributed by atoms with Crippen molar-refractivity contribution in [3.05, 3.63) is 23.3 Å². The molecule has 1 aromatic rings. The molecule has 33 heavy (non-hydrogen) atoms. The summed E-state index contributed by atoms with van der Waals surface area (Å²) in [5, 5.41) is 22.6. The van der Waals surface area contributed by atoms with E-state index in [4.69, 9.17) is 9.47 Å². The summed E-state index contributed by atoms with van der Waals surface area (Å²) in [6.07, 6.45) is 7.26. The number of aliphatic hydroxyl groups excluding tert-OH is 1. The third kappa shape index (κ3) is 2.31. The number of benzene rings is 1. The number of nitrogens with zero attached hydrogens (tertiary/aromatic N) is 1. The lowest BCUT2D eigenvalue weighted by Crippen LogP contribution is -2.82. The Kier molecular flexibility index (Phi) is 4.00. The Morgan fingerprint density at radius 1 is 1.21 bits per heavy atom. The highest BCUT2D eigenvalue weighted by Crippen LogP contribution is 2.77. The summed E-state index contributed by atoms with van der Waals surface area (Å²) in [5.41, 5.74) is 1.84. The van der Waals surface area contributed by atoms with Crippen LogP contribution < -0.4 is 4.74 Å².